The van der Waals surface area contributed by atoms with Crippen LogP contribution in [0.15, 0.2) is 28.9 Å². The molecule has 3 nitrogen and oxygen atoms in total. The second kappa shape index (κ2) is 3.77. The number of carbonyl (C=O) groups is 1. The van der Waals surface area contributed by atoms with Crippen molar-refractivity contribution in [2.75, 3.05) is 7.11 Å². The fourth-order valence-electron chi connectivity index (χ4n) is 1.65. The van der Waals surface area contributed by atoms with Crippen molar-refractivity contribution in [2.24, 2.45) is 0 Å². The van der Waals surface area contributed by atoms with Gasteiger partial charge in [-0.3, -0.25) is 4.79 Å². The van der Waals surface area contributed by atoms with E-state index in [-0.39, 0.29) is 5.78 Å². The number of ketones is 1. The maximum atomic E-state index is 11.0. The van der Waals surface area contributed by atoms with Crippen LogP contribution < -0.4 is 4.74 Å². The minimum atomic E-state index is 0.139. The van der Waals surface area contributed by atoms with Crippen molar-refractivity contribution in [2.45, 2.75) is 13.3 Å². The Morgan fingerprint density at radius 2 is 2.27 bits per heavy atom. The number of hydrogen-bond donors (Lipinski definition) is 0. The molecule has 0 aliphatic heterocycles. The number of rotatable bonds is 3. The predicted octanol–water partition coefficient (Wildman–Crippen LogP) is 2.57. The summed E-state index contributed by atoms with van der Waals surface area (Å²) >= 11 is 0. The normalized spacial score (nSPS) is 10.5. The van der Waals surface area contributed by atoms with Crippen molar-refractivity contribution >= 4 is 16.8 Å². The molecular formula is C12H12O3. The Labute approximate surface area is 87.6 Å². The van der Waals surface area contributed by atoms with Gasteiger partial charge in [-0.2, -0.15) is 0 Å². The van der Waals surface area contributed by atoms with Gasteiger partial charge in [0.25, 0.3) is 0 Å². The smallest absolute Gasteiger partial charge is 0.175 e. The summed E-state index contributed by atoms with van der Waals surface area (Å²) in [5.41, 5.74) is 1.68. The molecule has 1 heterocycles. The molecule has 3 heteroatoms. The average molecular weight is 204 g/mol. The number of ether oxygens (including phenoxy) is 1. The lowest BCUT2D eigenvalue weighted by molar-refractivity contribution is -0.116. The van der Waals surface area contributed by atoms with Gasteiger partial charge < -0.3 is 9.15 Å². The highest BCUT2D eigenvalue weighted by Crippen LogP contribution is 2.28. The Hall–Kier alpha value is -1.77. The largest absolute Gasteiger partial charge is 0.493 e. The van der Waals surface area contributed by atoms with Gasteiger partial charge in [0, 0.05) is 11.8 Å². The summed E-state index contributed by atoms with van der Waals surface area (Å²) < 4.78 is 10.5. The van der Waals surface area contributed by atoms with Gasteiger partial charge in [-0.05, 0) is 30.7 Å². The zero-order chi connectivity index (χ0) is 10.8. The molecule has 0 saturated carbocycles. The van der Waals surface area contributed by atoms with E-state index in [4.69, 9.17) is 9.15 Å². The lowest BCUT2D eigenvalue weighted by Crippen LogP contribution is -1.96. The van der Waals surface area contributed by atoms with E-state index in [2.05, 4.69) is 0 Å². The summed E-state index contributed by atoms with van der Waals surface area (Å²) in [7, 11) is 1.59. The van der Waals surface area contributed by atoms with Gasteiger partial charge in [0.15, 0.2) is 11.3 Å². The maximum Gasteiger partial charge on any atom is 0.175 e. The Bertz CT molecular complexity index is 497. The molecule has 78 valence electrons. The summed E-state index contributed by atoms with van der Waals surface area (Å²) in [4.78, 5) is 11.0. The van der Waals surface area contributed by atoms with Crippen LogP contribution in [0, 0.1) is 0 Å². The number of Topliss-reactive ketones (excluding diaryl/α,β-unsaturated/α-hetero) is 1. The molecule has 2 aromatic rings. The van der Waals surface area contributed by atoms with Crippen molar-refractivity contribution in [1.29, 1.82) is 0 Å². The molecule has 0 N–H and O–H groups in total. The van der Waals surface area contributed by atoms with E-state index < -0.39 is 0 Å². The first-order valence-electron chi connectivity index (χ1n) is 4.74. The minimum absolute atomic E-state index is 0.139. The molecule has 0 bridgehead atoms. The molecule has 0 aliphatic rings. The van der Waals surface area contributed by atoms with Gasteiger partial charge in [-0.15, -0.1) is 0 Å². The van der Waals surface area contributed by atoms with E-state index in [0.717, 1.165) is 16.5 Å². The van der Waals surface area contributed by atoms with Gasteiger partial charge in [-0.25, -0.2) is 0 Å². The lowest BCUT2D eigenvalue weighted by atomic mass is 10.1. The quantitative estimate of drug-likeness (QED) is 0.771. The van der Waals surface area contributed by atoms with Crippen molar-refractivity contribution < 1.29 is 13.9 Å². The van der Waals surface area contributed by atoms with Gasteiger partial charge in [-0.1, -0.05) is 0 Å². The van der Waals surface area contributed by atoms with Crippen LogP contribution in [0.25, 0.3) is 11.0 Å². The van der Waals surface area contributed by atoms with Gasteiger partial charge in [0.1, 0.15) is 5.78 Å². The molecule has 0 atom stereocenters. The van der Waals surface area contributed by atoms with E-state index in [0.29, 0.717) is 12.2 Å². The fraction of sp³-hybridized carbons (Fsp3) is 0.250. The molecule has 0 spiro atoms. The maximum absolute atomic E-state index is 11.0. The third kappa shape index (κ3) is 1.86. The Kier molecular flexibility index (Phi) is 2.46. The second-order valence-corrected chi connectivity index (χ2v) is 3.52. The van der Waals surface area contributed by atoms with E-state index in [1.165, 1.54) is 0 Å². The topological polar surface area (TPSA) is 39.4 Å². The summed E-state index contributed by atoms with van der Waals surface area (Å²) in [6.45, 7) is 1.58. The van der Waals surface area contributed by atoms with Crippen LogP contribution in [-0.4, -0.2) is 12.9 Å². The van der Waals surface area contributed by atoms with Gasteiger partial charge in [0.2, 0.25) is 0 Å². The average Bonchev–Trinajstić information content (AvgIpc) is 2.63. The molecule has 0 aliphatic carbocycles. The van der Waals surface area contributed by atoms with Gasteiger partial charge >= 0.3 is 0 Å². The predicted molar refractivity (Wildman–Crippen MR) is 57.2 cm³/mol. The van der Waals surface area contributed by atoms with Crippen LogP contribution in [0.5, 0.6) is 5.75 Å². The highest BCUT2D eigenvalue weighted by atomic mass is 16.5. The van der Waals surface area contributed by atoms with Crippen molar-refractivity contribution in [3.63, 3.8) is 0 Å². The zero-order valence-electron chi connectivity index (χ0n) is 8.74. The monoisotopic (exact) mass is 204 g/mol. The molecule has 1 aromatic carbocycles. The highest BCUT2D eigenvalue weighted by molar-refractivity contribution is 5.86. The molecular weight excluding hydrogens is 192 g/mol. The summed E-state index contributed by atoms with van der Waals surface area (Å²) in [5.74, 6) is 0.814. The van der Waals surface area contributed by atoms with E-state index in [9.17, 15) is 4.79 Å². The Morgan fingerprint density at radius 1 is 1.47 bits per heavy atom. The number of fused-ring (bicyclic) bond motifs is 1. The van der Waals surface area contributed by atoms with Crippen LogP contribution in [0.1, 0.15) is 12.5 Å². The molecule has 1 aromatic heterocycles. The van der Waals surface area contributed by atoms with Crippen LogP contribution >= 0.6 is 0 Å². The van der Waals surface area contributed by atoms with Crippen molar-refractivity contribution in [1.82, 2.24) is 0 Å². The molecule has 0 radical (unpaired) electrons. The van der Waals surface area contributed by atoms with Crippen LogP contribution in [0.3, 0.4) is 0 Å². The van der Waals surface area contributed by atoms with Crippen molar-refractivity contribution in [3.05, 3.63) is 30.0 Å². The Morgan fingerprint density at radius 3 is 2.93 bits per heavy atom. The van der Waals surface area contributed by atoms with E-state index in [1.54, 1.807) is 20.3 Å². The standard InChI is InChI=1S/C12H12O3/c1-8(13)5-9-6-10-3-4-15-12(10)11(7-9)14-2/h3-4,6-7H,5H2,1-2H3. The number of carbonyl (C=O) groups excluding carboxylic acids is 1. The van der Waals surface area contributed by atoms with Crippen LogP contribution in [0.4, 0.5) is 0 Å². The second-order valence-electron chi connectivity index (χ2n) is 3.52. The lowest BCUT2D eigenvalue weighted by Gasteiger charge is -2.04. The van der Waals surface area contributed by atoms with E-state index >= 15 is 0 Å². The highest BCUT2D eigenvalue weighted by Gasteiger charge is 2.08. The minimum Gasteiger partial charge on any atom is -0.493 e. The van der Waals surface area contributed by atoms with E-state index in [1.807, 2.05) is 18.2 Å². The van der Waals surface area contributed by atoms with Crippen LogP contribution in [-0.2, 0) is 11.2 Å². The molecule has 15 heavy (non-hydrogen) atoms. The molecule has 0 amide bonds. The molecule has 0 saturated heterocycles. The number of hydrogen-bond acceptors (Lipinski definition) is 3. The molecule has 0 fully saturated rings. The first-order chi connectivity index (χ1) is 7.20. The van der Waals surface area contributed by atoms with Crippen molar-refractivity contribution in [3.8, 4) is 5.75 Å². The third-order valence-electron chi connectivity index (χ3n) is 2.25. The molecule has 0 unspecified atom stereocenters. The molecule has 2 rings (SSSR count). The number of furan rings is 1. The third-order valence-corrected chi connectivity index (χ3v) is 2.25. The summed E-state index contributed by atoms with van der Waals surface area (Å²) in [6.07, 6.45) is 2.04. The number of benzene rings is 1. The van der Waals surface area contributed by atoms with Gasteiger partial charge in [0.05, 0.1) is 13.4 Å². The fourth-order valence-corrected chi connectivity index (χ4v) is 1.65. The summed E-state index contributed by atoms with van der Waals surface area (Å²) in [5, 5.41) is 0.964. The summed E-state index contributed by atoms with van der Waals surface area (Å²) in [6, 6.07) is 5.65. The Balaban J connectivity index is 2.53. The first kappa shape index (κ1) is 9.77. The zero-order valence-corrected chi connectivity index (χ0v) is 8.74. The first-order valence-corrected chi connectivity index (χ1v) is 4.74. The van der Waals surface area contributed by atoms with Crippen LogP contribution in [0.2, 0.25) is 0 Å². The SMILES string of the molecule is COc1cc(CC(C)=O)cc2ccoc12. The number of methoxy groups -OCH3 is 1.